The quantitative estimate of drug-likeness (QED) is 0.643. The molecular formula is C13H16N2O2S. The van der Waals surface area contributed by atoms with Gasteiger partial charge in [0.25, 0.3) is 0 Å². The van der Waals surface area contributed by atoms with Crippen LogP contribution in [0.1, 0.15) is 17.2 Å². The second kappa shape index (κ2) is 5.86. The van der Waals surface area contributed by atoms with E-state index < -0.39 is 0 Å². The molecule has 0 saturated heterocycles. The van der Waals surface area contributed by atoms with Gasteiger partial charge in [0.05, 0.1) is 20.3 Å². The van der Waals surface area contributed by atoms with E-state index >= 15 is 0 Å². The van der Waals surface area contributed by atoms with Gasteiger partial charge in [-0.15, -0.1) is 0 Å². The molecule has 1 aromatic heterocycles. The van der Waals surface area contributed by atoms with Crippen LogP contribution in [0, 0.1) is 0 Å². The fourth-order valence-electron chi connectivity index (χ4n) is 1.87. The molecule has 1 heterocycles. The Balaban J connectivity index is 2.46. The summed E-state index contributed by atoms with van der Waals surface area (Å²) in [5.74, 6) is 7.23. The fourth-order valence-corrected chi connectivity index (χ4v) is 2.56. The molecule has 1 atom stereocenters. The number of benzene rings is 1. The molecule has 0 radical (unpaired) electrons. The third-order valence-corrected chi connectivity index (χ3v) is 3.49. The summed E-state index contributed by atoms with van der Waals surface area (Å²) in [7, 11) is 3.29. The second-order valence-corrected chi connectivity index (χ2v) is 4.54. The number of thiophene rings is 1. The van der Waals surface area contributed by atoms with Crippen LogP contribution in [0.5, 0.6) is 11.5 Å². The van der Waals surface area contributed by atoms with Crippen LogP contribution in [-0.2, 0) is 0 Å². The van der Waals surface area contributed by atoms with Crippen LogP contribution in [0.3, 0.4) is 0 Å². The average molecular weight is 264 g/mol. The van der Waals surface area contributed by atoms with Gasteiger partial charge in [-0.2, -0.15) is 11.3 Å². The Morgan fingerprint density at radius 2 is 2.06 bits per heavy atom. The van der Waals surface area contributed by atoms with Crippen molar-refractivity contribution in [1.82, 2.24) is 5.43 Å². The van der Waals surface area contributed by atoms with Crippen molar-refractivity contribution >= 4 is 11.3 Å². The summed E-state index contributed by atoms with van der Waals surface area (Å²) >= 11 is 1.63. The van der Waals surface area contributed by atoms with Gasteiger partial charge in [0, 0.05) is 5.56 Å². The lowest BCUT2D eigenvalue weighted by molar-refractivity contribution is 0.394. The standard InChI is InChI=1S/C13H16N2O2S/c1-16-10-3-4-12(17-2)11(7-10)13(15-14)9-5-6-18-8-9/h3-8,13,15H,14H2,1-2H3. The number of hydrazine groups is 1. The SMILES string of the molecule is COc1ccc(OC)c(C(NN)c2ccsc2)c1. The van der Waals surface area contributed by atoms with Crippen LogP contribution in [0.25, 0.3) is 0 Å². The third kappa shape index (κ3) is 2.48. The molecule has 0 spiro atoms. The number of hydrogen-bond acceptors (Lipinski definition) is 5. The van der Waals surface area contributed by atoms with E-state index in [1.165, 1.54) is 0 Å². The fraction of sp³-hybridized carbons (Fsp3) is 0.231. The zero-order valence-corrected chi connectivity index (χ0v) is 11.2. The first-order chi connectivity index (χ1) is 8.80. The highest BCUT2D eigenvalue weighted by atomic mass is 32.1. The molecule has 2 aromatic rings. The van der Waals surface area contributed by atoms with Gasteiger partial charge < -0.3 is 9.47 Å². The summed E-state index contributed by atoms with van der Waals surface area (Å²) in [6, 6.07) is 7.60. The van der Waals surface area contributed by atoms with Crippen molar-refractivity contribution in [3.63, 3.8) is 0 Å². The number of hydrogen-bond donors (Lipinski definition) is 2. The molecule has 5 heteroatoms. The van der Waals surface area contributed by atoms with Crippen LogP contribution in [0.4, 0.5) is 0 Å². The molecule has 96 valence electrons. The molecular weight excluding hydrogens is 248 g/mol. The van der Waals surface area contributed by atoms with E-state index in [0.29, 0.717) is 0 Å². The minimum atomic E-state index is -0.110. The highest BCUT2D eigenvalue weighted by Gasteiger charge is 2.18. The van der Waals surface area contributed by atoms with Crippen molar-refractivity contribution in [3.05, 3.63) is 46.2 Å². The Labute approximate surface area is 110 Å². The van der Waals surface area contributed by atoms with Gasteiger partial charge in [0.2, 0.25) is 0 Å². The van der Waals surface area contributed by atoms with E-state index in [4.69, 9.17) is 15.3 Å². The van der Waals surface area contributed by atoms with Crippen molar-refractivity contribution < 1.29 is 9.47 Å². The molecule has 0 aliphatic heterocycles. The Bertz CT molecular complexity index is 500. The first kappa shape index (κ1) is 12.9. The zero-order valence-electron chi connectivity index (χ0n) is 10.3. The molecule has 1 unspecified atom stereocenters. The maximum absolute atomic E-state index is 5.67. The Morgan fingerprint density at radius 1 is 1.22 bits per heavy atom. The number of nitrogens with two attached hydrogens (primary N) is 1. The van der Waals surface area contributed by atoms with Gasteiger partial charge in [-0.05, 0) is 40.6 Å². The normalized spacial score (nSPS) is 12.2. The number of nitrogens with one attached hydrogen (secondary N) is 1. The third-order valence-electron chi connectivity index (χ3n) is 2.79. The number of ether oxygens (including phenoxy) is 2. The van der Waals surface area contributed by atoms with Crippen molar-refractivity contribution in [2.45, 2.75) is 6.04 Å². The highest BCUT2D eigenvalue weighted by molar-refractivity contribution is 7.08. The van der Waals surface area contributed by atoms with Crippen molar-refractivity contribution in [3.8, 4) is 11.5 Å². The molecule has 0 bridgehead atoms. The van der Waals surface area contributed by atoms with Crippen molar-refractivity contribution in [2.24, 2.45) is 5.84 Å². The predicted molar refractivity (Wildman–Crippen MR) is 73.0 cm³/mol. The van der Waals surface area contributed by atoms with Crippen LogP contribution in [0.2, 0.25) is 0 Å². The summed E-state index contributed by atoms with van der Waals surface area (Å²) in [6.07, 6.45) is 0. The molecule has 4 nitrogen and oxygen atoms in total. The largest absolute Gasteiger partial charge is 0.497 e. The summed E-state index contributed by atoms with van der Waals surface area (Å²) < 4.78 is 10.6. The lowest BCUT2D eigenvalue weighted by Gasteiger charge is -2.19. The predicted octanol–water partition coefficient (Wildman–Crippen LogP) is 2.32. The molecule has 0 fully saturated rings. The first-order valence-corrected chi connectivity index (χ1v) is 6.44. The first-order valence-electron chi connectivity index (χ1n) is 5.50. The Morgan fingerprint density at radius 3 is 2.61 bits per heavy atom. The molecule has 3 N–H and O–H groups in total. The molecule has 0 aliphatic carbocycles. The molecule has 0 saturated carbocycles. The molecule has 18 heavy (non-hydrogen) atoms. The van der Waals surface area contributed by atoms with Gasteiger partial charge in [-0.3, -0.25) is 5.84 Å². The van der Waals surface area contributed by atoms with Crippen LogP contribution < -0.4 is 20.7 Å². The summed E-state index contributed by atoms with van der Waals surface area (Å²) in [5, 5.41) is 4.08. The zero-order chi connectivity index (χ0) is 13.0. The Kier molecular flexibility index (Phi) is 4.19. The van der Waals surface area contributed by atoms with E-state index in [2.05, 4.69) is 10.8 Å². The monoisotopic (exact) mass is 264 g/mol. The molecule has 0 amide bonds. The summed E-state index contributed by atoms with van der Waals surface area (Å²) in [6.45, 7) is 0. The lowest BCUT2D eigenvalue weighted by atomic mass is 10.0. The number of rotatable bonds is 5. The van der Waals surface area contributed by atoms with Gasteiger partial charge in [-0.25, -0.2) is 5.43 Å². The van der Waals surface area contributed by atoms with E-state index in [1.807, 2.05) is 29.6 Å². The van der Waals surface area contributed by atoms with Gasteiger partial charge in [-0.1, -0.05) is 0 Å². The van der Waals surface area contributed by atoms with E-state index in [1.54, 1.807) is 25.6 Å². The number of methoxy groups -OCH3 is 2. The molecule has 2 rings (SSSR count). The minimum Gasteiger partial charge on any atom is -0.497 e. The molecule has 1 aromatic carbocycles. The maximum Gasteiger partial charge on any atom is 0.124 e. The molecule has 0 aliphatic rings. The van der Waals surface area contributed by atoms with E-state index in [-0.39, 0.29) is 6.04 Å². The van der Waals surface area contributed by atoms with E-state index in [9.17, 15) is 0 Å². The van der Waals surface area contributed by atoms with Gasteiger partial charge in [0.1, 0.15) is 11.5 Å². The van der Waals surface area contributed by atoms with E-state index in [0.717, 1.165) is 22.6 Å². The van der Waals surface area contributed by atoms with Crippen LogP contribution >= 0.6 is 11.3 Å². The van der Waals surface area contributed by atoms with Gasteiger partial charge >= 0.3 is 0 Å². The topological polar surface area (TPSA) is 56.5 Å². The van der Waals surface area contributed by atoms with Crippen molar-refractivity contribution in [2.75, 3.05) is 14.2 Å². The summed E-state index contributed by atoms with van der Waals surface area (Å²) in [5.41, 5.74) is 4.88. The highest BCUT2D eigenvalue weighted by Crippen LogP contribution is 2.33. The maximum atomic E-state index is 5.67. The van der Waals surface area contributed by atoms with Crippen molar-refractivity contribution in [1.29, 1.82) is 0 Å². The van der Waals surface area contributed by atoms with Crippen LogP contribution in [0.15, 0.2) is 35.0 Å². The van der Waals surface area contributed by atoms with Crippen LogP contribution in [-0.4, -0.2) is 14.2 Å². The second-order valence-electron chi connectivity index (χ2n) is 3.76. The lowest BCUT2D eigenvalue weighted by Crippen LogP contribution is -2.28. The smallest absolute Gasteiger partial charge is 0.124 e. The Hall–Kier alpha value is -1.56. The van der Waals surface area contributed by atoms with Gasteiger partial charge in [0.15, 0.2) is 0 Å². The summed E-state index contributed by atoms with van der Waals surface area (Å²) in [4.78, 5) is 0. The average Bonchev–Trinajstić information content (AvgIpc) is 2.93. The minimum absolute atomic E-state index is 0.110.